The minimum atomic E-state index is -0.684. The summed E-state index contributed by atoms with van der Waals surface area (Å²) in [5.41, 5.74) is 4.99. The van der Waals surface area contributed by atoms with Gasteiger partial charge in [0.25, 0.3) is 0 Å². The molecule has 6 rings (SSSR count). The number of carbonyl (C=O) groups is 4. The van der Waals surface area contributed by atoms with Crippen molar-refractivity contribution in [1.82, 2.24) is 20.1 Å². The fraction of sp³-hybridized carbons (Fsp3) is 0.400. The van der Waals surface area contributed by atoms with E-state index in [1.165, 1.54) is 0 Å². The highest BCUT2D eigenvalue weighted by Crippen LogP contribution is 2.47. The van der Waals surface area contributed by atoms with Crippen LogP contribution >= 0.6 is 0 Å². The predicted octanol–water partition coefficient (Wildman–Crippen LogP) is 4.18. The Morgan fingerprint density at radius 1 is 1.04 bits per heavy atom. The van der Waals surface area contributed by atoms with Gasteiger partial charge in [-0.15, -0.1) is 0 Å². The first-order valence-corrected chi connectivity index (χ1v) is 15.7. The van der Waals surface area contributed by atoms with E-state index in [4.69, 9.17) is 0 Å². The van der Waals surface area contributed by atoms with Crippen molar-refractivity contribution in [2.24, 2.45) is 5.92 Å². The number of nitrogens with zero attached hydrogens (tertiary/aromatic N) is 3. The van der Waals surface area contributed by atoms with Crippen molar-refractivity contribution in [2.45, 2.75) is 64.5 Å². The third-order valence-corrected chi connectivity index (χ3v) is 9.28. The van der Waals surface area contributed by atoms with Gasteiger partial charge in [-0.05, 0) is 86.9 Å². The molecule has 10 nitrogen and oxygen atoms in total. The van der Waals surface area contributed by atoms with E-state index in [0.29, 0.717) is 56.8 Å². The Morgan fingerprint density at radius 2 is 1.80 bits per heavy atom. The molecule has 1 fully saturated rings. The zero-order valence-corrected chi connectivity index (χ0v) is 26.1. The molecule has 1 spiro atoms. The third kappa shape index (κ3) is 6.14. The van der Waals surface area contributed by atoms with E-state index in [-0.39, 0.29) is 42.3 Å². The van der Waals surface area contributed by atoms with Gasteiger partial charge in [0.15, 0.2) is 0 Å². The topological polar surface area (TPSA) is 124 Å². The predicted molar refractivity (Wildman–Crippen MR) is 172 cm³/mol. The Morgan fingerprint density at radius 3 is 2.56 bits per heavy atom. The summed E-state index contributed by atoms with van der Waals surface area (Å²) >= 11 is 0. The van der Waals surface area contributed by atoms with Gasteiger partial charge < -0.3 is 25.8 Å². The van der Waals surface area contributed by atoms with Gasteiger partial charge in [0.1, 0.15) is 12.4 Å². The summed E-state index contributed by atoms with van der Waals surface area (Å²) in [6, 6.07) is 17.4. The lowest BCUT2D eigenvalue weighted by Gasteiger charge is -2.34. The van der Waals surface area contributed by atoms with Crippen LogP contribution in [0.15, 0.2) is 60.8 Å². The third-order valence-electron chi connectivity index (χ3n) is 9.28. The van der Waals surface area contributed by atoms with Crippen molar-refractivity contribution in [3.05, 3.63) is 88.6 Å². The Hall–Kier alpha value is -4.73. The number of amides is 5. The molecule has 5 amide bonds. The van der Waals surface area contributed by atoms with E-state index >= 15 is 0 Å². The van der Waals surface area contributed by atoms with Crippen LogP contribution in [0.25, 0.3) is 0 Å². The number of carbonyl (C=O) groups excluding carboxylic acids is 4. The number of piperidine rings is 1. The smallest absolute Gasteiger partial charge is 0.317 e. The molecule has 3 aromatic rings. The van der Waals surface area contributed by atoms with Crippen LogP contribution in [-0.2, 0) is 39.2 Å². The monoisotopic (exact) mass is 608 g/mol. The molecule has 1 aliphatic carbocycles. The number of rotatable bonds is 7. The number of aryl methyl sites for hydroxylation is 1. The van der Waals surface area contributed by atoms with E-state index in [2.05, 4.69) is 20.9 Å². The Kier molecular flexibility index (Phi) is 8.31. The highest BCUT2D eigenvalue weighted by Gasteiger charge is 2.51. The van der Waals surface area contributed by atoms with Crippen LogP contribution in [0.3, 0.4) is 0 Å². The van der Waals surface area contributed by atoms with Gasteiger partial charge in [0.2, 0.25) is 17.7 Å². The molecule has 3 N–H and O–H groups in total. The quantitative estimate of drug-likeness (QED) is 0.372. The Bertz CT molecular complexity index is 1650. The normalized spacial score (nSPS) is 18.8. The Balaban J connectivity index is 1.14. The first-order valence-electron chi connectivity index (χ1n) is 15.7. The van der Waals surface area contributed by atoms with Crippen LogP contribution < -0.4 is 16.0 Å². The van der Waals surface area contributed by atoms with E-state index in [0.717, 1.165) is 27.8 Å². The van der Waals surface area contributed by atoms with Crippen molar-refractivity contribution in [2.75, 3.05) is 30.3 Å². The number of likely N-dealkylation sites (tertiary alicyclic amines) is 1. The minimum absolute atomic E-state index is 0.0444. The van der Waals surface area contributed by atoms with Crippen LogP contribution in [0, 0.1) is 12.8 Å². The summed E-state index contributed by atoms with van der Waals surface area (Å²) in [6.07, 6.45) is 3.89. The minimum Gasteiger partial charge on any atom is -0.336 e. The van der Waals surface area contributed by atoms with Gasteiger partial charge in [0, 0.05) is 49.0 Å². The zero-order valence-electron chi connectivity index (χ0n) is 26.1. The number of urea groups is 1. The number of hydrogen-bond acceptors (Lipinski definition) is 5. The number of anilines is 2. The van der Waals surface area contributed by atoms with Crippen LogP contribution in [0.2, 0.25) is 0 Å². The van der Waals surface area contributed by atoms with Gasteiger partial charge in [0.05, 0.1) is 5.41 Å². The highest BCUT2D eigenvalue weighted by molar-refractivity contribution is 6.06. The van der Waals surface area contributed by atoms with Gasteiger partial charge in [-0.25, -0.2) is 9.78 Å². The lowest BCUT2D eigenvalue weighted by molar-refractivity contribution is -0.140. The first kappa shape index (κ1) is 30.3. The van der Waals surface area contributed by atoms with Crippen LogP contribution in [0.5, 0.6) is 0 Å². The molecule has 1 unspecified atom stereocenters. The van der Waals surface area contributed by atoms with Gasteiger partial charge in [-0.2, -0.15) is 0 Å². The molecule has 1 atom stereocenters. The van der Waals surface area contributed by atoms with Crippen LogP contribution in [0.4, 0.5) is 16.3 Å². The molecule has 2 aromatic carbocycles. The van der Waals surface area contributed by atoms with Crippen molar-refractivity contribution in [1.29, 1.82) is 0 Å². The van der Waals surface area contributed by atoms with Crippen molar-refractivity contribution < 1.29 is 19.2 Å². The average molecular weight is 609 g/mol. The SMILES string of the molecule is Cc1ccccc1CN(CC(=O)Nc1ccc2c(c1)CC1(C2)C(=O)Nc2ncccc21)C(=O)C1CCN(C(=O)NC(C)C)CC1. The first-order chi connectivity index (χ1) is 21.6. The summed E-state index contributed by atoms with van der Waals surface area (Å²) in [5, 5.41) is 8.85. The molecule has 0 saturated carbocycles. The maximum absolute atomic E-state index is 13.9. The molecule has 1 saturated heterocycles. The van der Waals surface area contributed by atoms with Crippen molar-refractivity contribution in [3.8, 4) is 0 Å². The Labute approximate surface area is 263 Å². The van der Waals surface area contributed by atoms with Gasteiger partial charge in [-0.3, -0.25) is 14.4 Å². The molecule has 3 heterocycles. The van der Waals surface area contributed by atoms with E-state index in [1.54, 1.807) is 16.0 Å². The fourth-order valence-corrected chi connectivity index (χ4v) is 6.85. The van der Waals surface area contributed by atoms with E-state index < -0.39 is 5.41 Å². The molecular weight excluding hydrogens is 568 g/mol. The lowest BCUT2D eigenvalue weighted by atomic mass is 9.79. The summed E-state index contributed by atoms with van der Waals surface area (Å²) in [6.45, 7) is 7.06. The summed E-state index contributed by atoms with van der Waals surface area (Å²) in [5.74, 6) is -0.0586. The van der Waals surface area contributed by atoms with Gasteiger partial charge in [-0.1, -0.05) is 36.4 Å². The summed E-state index contributed by atoms with van der Waals surface area (Å²) in [4.78, 5) is 60.6. The van der Waals surface area contributed by atoms with Crippen molar-refractivity contribution in [3.63, 3.8) is 0 Å². The molecular formula is C35H40N6O4. The summed E-state index contributed by atoms with van der Waals surface area (Å²) < 4.78 is 0. The molecule has 234 valence electrons. The molecule has 3 aliphatic rings. The second kappa shape index (κ2) is 12.3. The van der Waals surface area contributed by atoms with Crippen LogP contribution in [0.1, 0.15) is 54.5 Å². The molecule has 45 heavy (non-hydrogen) atoms. The number of benzene rings is 2. The standard InChI is InChI=1S/C35H40N6O4/c1-22(2)37-34(45)40-15-12-24(13-16-40)32(43)41(20-26-8-5-4-7-23(26)3)21-30(42)38-28-11-10-25-18-35(19-27(25)17-28)29-9-6-14-36-31(29)39-33(35)44/h4-11,14,17,22,24H,12-13,15-16,18-21H2,1-3H3,(H,37,45)(H,38,42)(H,36,39,44). The van der Waals surface area contributed by atoms with Gasteiger partial charge >= 0.3 is 6.03 Å². The second-order valence-corrected chi connectivity index (χ2v) is 12.8. The van der Waals surface area contributed by atoms with Crippen LogP contribution in [-0.4, -0.2) is 64.2 Å². The molecule has 2 aliphatic heterocycles. The zero-order chi connectivity index (χ0) is 31.7. The van der Waals surface area contributed by atoms with Crippen molar-refractivity contribution >= 4 is 35.3 Å². The lowest BCUT2D eigenvalue weighted by Crippen LogP contribution is -2.49. The molecule has 1 aromatic heterocycles. The molecule has 10 heteroatoms. The largest absolute Gasteiger partial charge is 0.336 e. The summed E-state index contributed by atoms with van der Waals surface area (Å²) in [7, 11) is 0. The van der Waals surface area contributed by atoms with E-state index in [9.17, 15) is 19.2 Å². The molecule has 0 radical (unpaired) electrons. The van der Waals surface area contributed by atoms with E-state index in [1.807, 2.05) is 75.4 Å². The molecule has 0 bridgehead atoms. The number of aromatic nitrogens is 1. The fourth-order valence-electron chi connectivity index (χ4n) is 6.85. The highest BCUT2D eigenvalue weighted by atomic mass is 16.2. The number of fused-ring (bicyclic) bond motifs is 3. The average Bonchev–Trinajstić information content (AvgIpc) is 3.53. The maximum Gasteiger partial charge on any atom is 0.317 e. The number of nitrogens with one attached hydrogen (secondary N) is 3. The number of hydrogen-bond donors (Lipinski definition) is 3. The maximum atomic E-state index is 13.9. The number of pyridine rings is 1. The second-order valence-electron chi connectivity index (χ2n) is 12.8.